The topological polar surface area (TPSA) is 117 Å². The maximum atomic E-state index is 13.6. The predicted octanol–water partition coefficient (Wildman–Crippen LogP) is 0.329. The maximum absolute atomic E-state index is 13.6. The first-order chi connectivity index (χ1) is 8.93. The van der Waals surface area contributed by atoms with Crippen molar-refractivity contribution in [1.29, 1.82) is 0 Å². The molecule has 1 fully saturated rings. The van der Waals surface area contributed by atoms with Gasteiger partial charge in [0.05, 0.1) is 11.3 Å². The number of nitrogens with one attached hydrogen (secondary N) is 2. The first-order valence-electron chi connectivity index (χ1n) is 5.49. The van der Waals surface area contributed by atoms with Crippen LogP contribution >= 0.6 is 0 Å². The fourth-order valence-corrected chi connectivity index (χ4v) is 2.71. The number of oxime groups is 1. The molecule has 0 radical (unpaired) electrons. The smallest absolute Gasteiger partial charge is 0.299 e. The van der Waals surface area contributed by atoms with E-state index in [1.807, 2.05) is 0 Å². The fraction of sp³-hybridized carbons (Fsp3) is 0.300. The van der Waals surface area contributed by atoms with Crippen LogP contribution in [0.1, 0.15) is 18.4 Å². The van der Waals surface area contributed by atoms with E-state index in [2.05, 4.69) is 14.6 Å². The lowest BCUT2D eigenvalue weighted by molar-refractivity contribution is 0.318. The van der Waals surface area contributed by atoms with Gasteiger partial charge in [-0.3, -0.25) is 4.72 Å². The lowest BCUT2D eigenvalue weighted by Crippen LogP contribution is -2.32. The third kappa shape index (κ3) is 3.32. The van der Waals surface area contributed by atoms with Crippen LogP contribution in [0.5, 0.6) is 0 Å². The van der Waals surface area contributed by atoms with Gasteiger partial charge in [-0.2, -0.15) is 13.1 Å². The number of nitrogens with zero attached hydrogens (tertiary/aromatic N) is 1. The molecule has 1 aromatic rings. The Balaban J connectivity index is 2.31. The van der Waals surface area contributed by atoms with Crippen LogP contribution in [0.25, 0.3) is 0 Å². The third-order valence-electron chi connectivity index (χ3n) is 2.52. The van der Waals surface area contributed by atoms with E-state index < -0.39 is 21.9 Å². The first kappa shape index (κ1) is 13.6. The summed E-state index contributed by atoms with van der Waals surface area (Å²) in [4.78, 5) is 0. The Labute approximate surface area is 109 Å². The summed E-state index contributed by atoms with van der Waals surface area (Å²) >= 11 is 0. The molecule has 0 aliphatic heterocycles. The van der Waals surface area contributed by atoms with E-state index in [1.54, 1.807) is 0 Å². The second-order valence-electron chi connectivity index (χ2n) is 4.15. The van der Waals surface area contributed by atoms with Crippen molar-refractivity contribution in [3.8, 4) is 0 Å². The average Bonchev–Trinajstić information content (AvgIpc) is 3.11. The van der Waals surface area contributed by atoms with Crippen molar-refractivity contribution in [3.05, 3.63) is 29.6 Å². The van der Waals surface area contributed by atoms with Crippen molar-refractivity contribution in [1.82, 2.24) is 4.72 Å². The largest absolute Gasteiger partial charge is 0.409 e. The Morgan fingerprint density at radius 2 is 2.16 bits per heavy atom. The zero-order chi connectivity index (χ0) is 14.0. The van der Waals surface area contributed by atoms with Gasteiger partial charge >= 0.3 is 0 Å². The van der Waals surface area contributed by atoms with Crippen molar-refractivity contribution in [3.63, 3.8) is 0 Å². The van der Waals surface area contributed by atoms with Crippen LogP contribution in [0.4, 0.5) is 10.1 Å². The number of rotatable bonds is 5. The van der Waals surface area contributed by atoms with Crippen LogP contribution in [0.2, 0.25) is 0 Å². The summed E-state index contributed by atoms with van der Waals surface area (Å²) in [6.07, 6.45) is 1.55. The molecular formula is C10H13FN4O3S. The first-order valence-corrected chi connectivity index (χ1v) is 6.98. The minimum atomic E-state index is -3.81. The van der Waals surface area contributed by atoms with Crippen molar-refractivity contribution in [2.75, 3.05) is 4.72 Å². The Bertz CT molecular complexity index is 613. The highest BCUT2D eigenvalue weighted by Crippen LogP contribution is 2.22. The van der Waals surface area contributed by atoms with Gasteiger partial charge < -0.3 is 10.9 Å². The van der Waals surface area contributed by atoms with E-state index in [4.69, 9.17) is 10.9 Å². The Hall–Kier alpha value is -1.87. The highest BCUT2D eigenvalue weighted by Gasteiger charge is 2.27. The minimum Gasteiger partial charge on any atom is -0.409 e. The molecule has 9 heteroatoms. The number of hydrogen-bond acceptors (Lipinski definition) is 4. The van der Waals surface area contributed by atoms with Gasteiger partial charge in [0.15, 0.2) is 5.84 Å². The minimum absolute atomic E-state index is 0.0848. The van der Waals surface area contributed by atoms with Gasteiger partial charge in [0.25, 0.3) is 10.2 Å². The van der Waals surface area contributed by atoms with Gasteiger partial charge in [-0.15, -0.1) is 0 Å². The molecule has 1 aliphatic carbocycles. The van der Waals surface area contributed by atoms with E-state index >= 15 is 0 Å². The summed E-state index contributed by atoms with van der Waals surface area (Å²) in [5.74, 6) is -1.30. The van der Waals surface area contributed by atoms with E-state index in [0.717, 1.165) is 18.9 Å². The second-order valence-corrected chi connectivity index (χ2v) is 5.59. The third-order valence-corrected chi connectivity index (χ3v) is 3.65. The van der Waals surface area contributed by atoms with Crippen molar-refractivity contribution < 1.29 is 18.0 Å². The maximum Gasteiger partial charge on any atom is 0.299 e. The molecule has 0 aromatic heterocycles. The van der Waals surface area contributed by atoms with Crippen molar-refractivity contribution >= 4 is 21.7 Å². The number of halogens is 1. The molecule has 0 unspecified atom stereocenters. The molecular weight excluding hydrogens is 275 g/mol. The lowest BCUT2D eigenvalue weighted by atomic mass is 10.1. The molecule has 0 bridgehead atoms. The summed E-state index contributed by atoms with van der Waals surface area (Å²) in [6.45, 7) is 0. The monoisotopic (exact) mass is 288 g/mol. The standard InChI is InChI=1S/C10H13FN4O3S/c11-7-2-1-3-8(9(7)10(12)13-16)15-19(17,18)14-6-4-5-6/h1-3,6,14-16H,4-5H2,(H2,12,13). The Kier molecular flexibility index (Phi) is 3.58. The zero-order valence-corrected chi connectivity index (χ0v) is 10.6. The molecule has 19 heavy (non-hydrogen) atoms. The van der Waals surface area contributed by atoms with Crippen LogP contribution < -0.4 is 15.2 Å². The molecule has 2 rings (SSSR count). The van der Waals surface area contributed by atoms with Crippen LogP contribution in [-0.4, -0.2) is 25.5 Å². The number of amidine groups is 1. The summed E-state index contributed by atoms with van der Waals surface area (Å²) in [5.41, 5.74) is 4.94. The molecule has 0 saturated heterocycles. The van der Waals surface area contributed by atoms with E-state index in [9.17, 15) is 12.8 Å². The zero-order valence-electron chi connectivity index (χ0n) is 9.80. The van der Waals surface area contributed by atoms with Gasteiger partial charge in [-0.1, -0.05) is 11.2 Å². The molecule has 1 aliphatic rings. The molecule has 0 amide bonds. The normalized spacial score (nSPS) is 16.4. The number of anilines is 1. The molecule has 0 heterocycles. The van der Waals surface area contributed by atoms with Gasteiger partial charge in [-0.25, -0.2) is 4.39 Å². The second kappa shape index (κ2) is 5.02. The van der Waals surface area contributed by atoms with Crippen LogP contribution in [0.15, 0.2) is 23.4 Å². The molecule has 1 aromatic carbocycles. The predicted molar refractivity (Wildman–Crippen MR) is 67.6 cm³/mol. The summed E-state index contributed by atoms with van der Waals surface area (Å²) < 4.78 is 41.6. The molecule has 0 spiro atoms. The molecule has 0 atom stereocenters. The number of hydrogen-bond donors (Lipinski definition) is 4. The number of benzene rings is 1. The molecule has 5 N–H and O–H groups in total. The highest BCUT2D eigenvalue weighted by atomic mass is 32.2. The SMILES string of the molecule is N/C(=N/O)c1c(F)cccc1NS(=O)(=O)NC1CC1. The lowest BCUT2D eigenvalue weighted by Gasteiger charge is -2.12. The van der Waals surface area contributed by atoms with Crippen LogP contribution in [0.3, 0.4) is 0 Å². The molecule has 104 valence electrons. The quantitative estimate of drug-likeness (QED) is 0.270. The van der Waals surface area contributed by atoms with Crippen molar-refractivity contribution in [2.24, 2.45) is 10.9 Å². The Morgan fingerprint density at radius 3 is 2.74 bits per heavy atom. The van der Waals surface area contributed by atoms with Gasteiger partial charge in [0.2, 0.25) is 0 Å². The fourth-order valence-electron chi connectivity index (χ4n) is 1.51. The average molecular weight is 288 g/mol. The summed E-state index contributed by atoms with van der Waals surface area (Å²) in [5, 5.41) is 11.3. The molecule has 7 nitrogen and oxygen atoms in total. The highest BCUT2D eigenvalue weighted by molar-refractivity contribution is 7.90. The van der Waals surface area contributed by atoms with Gasteiger partial charge in [0.1, 0.15) is 5.82 Å². The van der Waals surface area contributed by atoms with E-state index in [0.29, 0.717) is 0 Å². The van der Waals surface area contributed by atoms with Crippen molar-refractivity contribution in [2.45, 2.75) is 18.9 Å². The van der Waals surface area contributed by atoms with E-state index in [-0.39, 0.29) is 17.3 Å². The summed E-state index contributed by atoms with van der Waals surface area (Å²) in [6, 6.07) is 3.64. The molecule has 1 saturated carbocycles. The van der Waals surface area contributed by atoms with Gasteiger partial charge in [0, 0.05) is 6.04 Å². The summed E-state index contributed by atoms with van der Waals surface area (Å²) in [7, 11) is -3.81. The van der Waals surface area contributed by atoms with E-state index in [1.165, 1.54) is 12.1 Å². The number of nitrogens with two attached hydrogens (primary N) is 1. The van der Waals surface area contributed by atoms with Crippen LogP contribution in [-0.2, 0) is 10.2 Å². The van der Waals surface area contributed by atoms with Gasteiger partial charge in [-0.05, 0) is 25.0 Å². The van der Waals surface area contributed by atoms with Crippen LogP contribution in [0, 0.1) is 5.82 Å². The Morgan fingerprint density at radius 1 is 1.47 bits per heavy atom.